The Bertz CT molecular complexity index is 633. The van der Waals surface area contributed by atoms with Gasteiger partial charge in [-0.15, -0.1) is 0 Å². The van der Waals surface area contributed by atoms with E-state index in [0.717, 1.165) is 0 Å². The third kappa shape index (κ3) is 3.17. The average molecular weight is 329 g/mol. The second-order valence-electron chi connectivity index (χ2n) is 6.21. The van der Waals surface area contributed by atoms with E-state index in [9.17, 15) is 23.1 Å². The van der Waals surface area contributed by atoms with Crippen LogP contribution in [0.5, 0.6) is 0 Å². The molecule has 1 fully saturated rings. The summed E-state index contributed by atoms with van der Waals surface area (Å²) in [5.41, 5.74) is -0.471. The van der Waals surface area contributed by atoms with Crippen LogP contribution in [0.3, 0.4) is 0 Å². The van der Waals surface area contributed by atoms with Crippen LogP contribution in [-0.2, 0) is 23.8 Å². The number of likely N-dealkylation sites (tertiary alicyclic amines) is 1. The number of fused-ring (bicyclic) bond motifs is 1. The Kier molecular flexibility index (Phi) is 4.03. The minimum Gasteiger partial charge on any atom is -0.391 e. The van der Waals surface area contributed by atoms with Crippen LogP contribution in [0.25, 0.3) is 0 Å². The van der Waals surface area contributed by atoms with Crippen molar-refractivity contribution < 1.29 is 23.1 Å². The lowest BCUT2D eigenvalue weighted by Gasteiger charge is -2.28. The highest BCUT2D eigenvalue weighted by atomic mass is 19.4. The molecule has 1 aliphatic heterocycles. The van der Waals surface area contributed by atoms with Gasteiger partial charge in [0.05, 0.1) is 6.10 Å². The molecule has 2 heterocycles. The number of aromatic nitrogens is 2. The van der Waals surface area contributed by atoms with Gasteiger partial charge >= 0.3 is 6.18 Å². The van der Waals surface area contributed by atoms with Gasteiger partial charge in [0.25, 0.3) is 0 Å². The zero-order valence-electron chi connectivity index (χ0n) is 12.7. The van der Waals surface area contributed by atoms with E-state index in [1.165, 1.54) is 6.92 Å². The molecule has 1 aliphatic carbocycles. The van der Waals surface area contributed by atoms with Gasteiger partial charge < -0.3 is 10.0 Å². The molecule has 1 N–H and O–H groups in total. The minimum atomic E-state index is -4.55. The summed E-state index contributed by atoms with van der Waals surface area (Å²) in [5.74, 6) is -0.579. The molecule has 23 heavy (non-hydrogen) atoms. The van der Waals surface area contributed by atoms with Gasteiger partial charge in [-0.1, -0.05) is 0 Å². The van der Waals surface area contributed by atoms with E-state index in [4.69, 9.17) is 0 Å². The number of hydrogen-bond acceptors (Lipinski definition) is 4. The topological polar surface area (TPSA) is 66.3 Å². The summed E-state index contributed by atoms with van der Waals surface area (Å²) in [6.45, 7) is 2.16. The Morgan fingerprint density at radius 1 is 1.30 bits per heavy atom. The van der Waals surface area contributed by atoms with Crippen LogP contribution in [0.1, 0.15) is 35.6 Å². The molecule has 3 rings (SSSR count). The number of carbonyl (C=O) groups is 1. The lowest BCUT2D eigenvalue weighted by molar-refractivity contribution is -0.143. The number of aliphatic hydroxyl groups is 1. The van der Waals surface area contributed by atoms with Crippen molar-refractivity contribution >= 4 is 5.91 Å². The number of hydrogen-bond donors (Lipinski definition) is 1. The number of nitrogens with zero attached hydrogens (tertiary/aromatic N) is 3. The molecule has 8 heteroatoms. The van der Waals surface area contributed by atoms with Crippen LogP contribution in [0.4, 0.5) is 13.2 Å². The largest absolute Gasteiger partial charge is 0.433 e. The lowest BCUT2D eigenvalue weighted by atomic mass is 9.84. The summed E-state index contributed by atoms with van der Waals surface area (Å²) in [6.07, 6.45) is -3.74. The predicted molar refractivity (Wildman–Crippen MR) is 74.5 cm³/mol. The summed E-state index contributed by atoms with van der Waals surface area (Å²) < 4.78 is 39.7. The first-order valence-corrected chi connectivity index (χ1v) is 7.66. The van der Waals surface area contributed by atoms with Crippen LogP contribution in [0.15, 0.2) is 0 Å². The van der Waals surface area contributed by atoms with Crippen LogP contribution in [0, 0.1) is 12.8 Å². The average Bonchev–Trinajstić information content (AvgIpc) is 2.90. The number of β-amino-alcohol motifs (C(OH)–C–C–N with tert-alkyl or cyclic N) is 1. The fraction of sp³-hybridized carbons (Fsp3) is 0.667. The maximum atomic E-state index is 13.2. The van der Waals surface area contributed by atoms with E-state index in [1.807, 2.05) is 0 Å². The summed E-state index contributed by atoms with van der Waals surface area (Å²) >= 11 is 0. The first kappa shape index (κ1) is 16.2. The number of aliphatic hydroxyl groups excluding tert-OH is 1. The zero-order chi connectivity index (χ0) is 16.8. The fourth-order valence-corrected chi connectivity index (χ4v) is 3.38. The first-order valence-electron chi connectivity index (χ1n) is 7.66. The predicted octanol–water partition coefficient (Wildman–Crippen LogP) is 1.50. The number of aryl methyl sites for hydroxylation is 2. The van der Waals surface area contributed by atoms with Crippen molar-refractivity contribution in [2.75, 3.05) is 13.1 Å². The van der Waals surface area contributed by atoms with Crippen LogP contribution >= 0.6 is 0 Å². The number of amides is 1. The van der Waals surface area contributed by atoms with Gasteiger partial charge in [0, 0.05) is 30.3 Å². The van der Waals surface area contributed by atoms with Crippen LogP contribution in [0.2, 0.25) is 0 Å². The smallest absolute Gasteiger partial charge is 0.391 e. The molecule has 1 aromatic heterocycles. The molecule has 1 saturated heterocycles. The van der Waals surface area contributed by atoms with Gasteiger partial charge in [0.2, 0.25) is 5.91 Å². The fourth-order valence-electron chi connectivity index (χ4n) is 3.38. The number of halogens is 3. The van der Waals surface area contributed by atoms with E-state index < -0.39 is 23.9 Å². The normalized spacial score (nSPS) is 24.7. The van der Waals surface area contributed by atoms with Crippen molar-refractivity contribution in [3.63, 3.8) is 0 Å². The second-order valence-corrected chi connectivity index (χ2v) is 6.21. The standard InChI is InChI=1S/C15H18F3N3O2/c1-8-19-12-3-2-9(14(23)21-5-4-10(22)7-21)6-11(12)13(20-8)15(16,17)18/h9-10,22H,2-7H2,1H3/t9?,10-/m0/s1. The Labute approximate surface area is 131 Å². The molecule has 0 bridgehead atoms. The van der Waals surface area contributed by atoms with Crippen molar-refractivity contribution in [3.8, 4) is 0 Å². The van der Waals surface area contributed by atoms with Crippen molar-refractivity contribution in [2.45, 2.75) is 44.9 Å². The van der Waals surface area contributed by atoms with E-state index in [1.54, 1.807) is 4.90 Å². The number of alkyl halides is 3. The highest BCUT2D eigenvalue weighted by Crippen LogP contribution is 2.36. The van der Waals surface area contributed by atoms with Gasteiger partial charge in [0.1, 0.15) is 5.82 Å². The highest BCUT2D eigenvalue weighted by Gasteiger charge is 2.41. The van der Waals surface area contributed by atoms with Gasteiger partial charge in [-0.25, -0.2) is 9.97 Å². The van der Waals surface area contributed by atoms with E-state index >= 15 is 0 Å². The van der Waals surface area contributed by atoms with Crippen molar-refractivity contribution in [3.05, 3.63) is 22.8 Å². The molecule has 1 amide bonds. The third-order valence-corrected chi connectivity index (χ3v) is 4.48. The Balaban J connectivity index is 1.86. The summed E-state index contributed by atoms with van der Waals surface area (Å²) in [7, 11) is 0. The van der Waals surface area contributed by atoms with Crippen LogP contribution in [-0.4, -0.2) is 45.1 Å². The first-order chi connectivity index (χ1) is 10.8. The molecular weight excluding hydrogens is 311 g/mol. The minimum absolute atomic E-state index is 0.00981. The molecule has 2 aliphatic rings. The number of carbonyl (C=O) groups excluding carboxylic acids is 1. The molecule has 0 saturated carbocycles. The third-order valence-electron chi connectivity index (χ3n) is 4.48. The van der Waals surface area contributed by atoms with Crippen LogP contribution < -0.4 is 0 Å². The SMILES string of the molecule is Cc1nc2c(c(C(F)(F)F)n1)CC(C(=O)N1CC[C@H](O)C1)CC2. The molecule has 0 aromatic carbocycles. The van der Waals surface area contributed by atoms with Gasteiger partial charge in [-0.3, -0.25) is 4.79 Å². The maximum Gasteiger partial charge on any atom is 0.433 e. The van der Waals surface area contributed by atoms with E-state index in [-0.39, 0.29) is 30.3 Å². The molecule has 0 spiro atoms. The van der Waals surface area contributed by atoms with E-state index in [0.29, 0.717) is 31.5 Å². The van der Waals surface area contributed by atoms with E-state index in [2.05, 4.69) is 9.97 Å². The quantitative estimate of drug-likeness (QED) is 0.848. The second kappa shape index (κ2) is 5.74. The van der Waals surface area contributed by atoms with Crippen molar-refractivity contribution in [1.82, 2.24) is 14.9 Å². The molecule has 1 aromatic rings. The molecule has 0 radical (unpaired) electrons. The van der Waals surface area contributed by atoms with Crippen molar-refractivity contribution in [2.24, 2.45) is 5.92 Å². The van der Waals surface area contributed by atoms with Gasteiger partial charge in [0.15, 0.2) is 5.69 Å². The summed E-state index contributed by atoms with van der Waals surface area (Å²) in [4.78, 5) is 21.7. The van der Waals surface area contributed by atoms with Crippen molar-refractivity contribution in [1.29, 1.82) is 0 Å². The lowest BCUT2D eigenvalue weighted by Crippen LogP contribution is -2.38. The molecule has 1 unspecified atom stereocenters. The highest BCUT2D eigenvalue weighted by molar-refractivity contribution is 5.80. The maximum absolute atomic E-state index is 13.2. The summed E-state index contributed by atoms with van der Waals surface area (Å²) in [5, 5.41) is 9.52. The number of rotatable bonds is 1. The molecule has 126 valence electrons. The molecule has 5 nitrogen and oxygen atoms in total. The molecular formula is C15H18F3N3O2. The van der Waals surface area contributed by atoms with Gasteiger partial charge in [-0.2, -0.15) is 13.2 Å². The summed E-state index contributed by atoms with van der Waals surface area (Å²) in [6, 6.07) is 0. The van der Waals surface area contributed by atoms with Gasteiger partial charge in [-0.05, 0) is 32.6 Å². The Morgan fingerprint density at radius 2 is 2.04 bits per heavy atom. The molecule has 2 atom stereocenters. The Hall–Kier alpha value is -1.70. The Morgan fingerprint density at radius 3 is 2.65 bits per heavy atom. The monoisotopic (exact) mass is 329 g/mol. The zero-order valence-corrected chi connectivity index (χ0v) is 12.7.